The van der Waals surface area contributed by atoms with Gasteiger partial charge in [0.05, 0.1) is 22.8 Å². The standard InChI is InChI=1S/C58H46N2O/c1-57(2)49-30-17-28-46(45-37-43(39-20-9-5-10-21-39)36-44(38-45)40-22-11-6-12-23-40)54(49)61-55-47(29-18-31-50(55)57)48-34-35-52(42-26-15-8-16-27-42)60-56(48)58(3,4)53-33-19-32-51(59-53)41-24-13-7-14-25-41/h5-38H,1-4H3. The number of ether oxygens (including phenoxy) is 1. The van der Waals surface area contributed by atoms with E-state index in [9.17, 15) is 0 Å². The summed E-state index contributed by atoms with van der Waals surface area (Å²) in [5.74, 6) is 1.73. The minimum absolute atomic E-state index is 0.368. The number of hydrogen-bond donors (Lipinski definition) is 0. The summed E-state index contributed by atoms with van der Waals surface area (Å²) in [7, 11) is 0. The Balaban J connectivity index is 1.15. The number of para-hydroxylation sites is 2. The van der Waals surface area contributed by atoms with E-state index in [0.29, 0.717) is 0 Å². The molecule has 0 spiro atoms. The van der Waals surface area contributed by atoms with Crippen LogP contribution >= 0.6 is 0 Å². The van der Waals surface area contributed by atoms with E-state index in [1.54, 1.807) is 0 Å². The van der Waals surface area contributed by atoms with E-state index in [-0.39, 0.29) is 5.41 Å². The van der Waals surface area contributed by atoms with Crippen molar-refractivity contribution in [1.82, 2.24) is 9.97 Å². The van der Waals surface area contributed by atoms with Crippen LogP contribution in [0.4, 0.5) is 0 Å². The minimum Gasteiger partial charge on any atom is -0.455 e. The molecule has 2 aromatic heterocycles. The first-order valence-electron chi connectivity index (χ1n) is 21.1. The summed E-state index contributed by atoms with van der Waals surface area (Å²) in [6, 6.07) is 72.9. The number of pyridine rings is 2. The summed E-state index contributed by atoms with van der Waals surface area (Å²) < 4.78 is 7.40. The van der Waals surface area contributed by atoms with Crippen LogP contribution in [0.2, 0.25) is 0 Å². The molecule has 1 aliphatic heterocycles. The van der Waals surface area contributed by atoms with Gasteiger partial charge in [-0.1, -0.05) is 184 Å². The van der Waals surface area contributed by atoms with Gasteiger partial charge in [0, 0.05) is 49.8 Å². The zero-order chi connectivity index (χ0) is 41.6. The van der Waals surface area contributed by atoms with Gasteiger partial charge in [-0.15, -0.1) is 0 Å². The van der Waals surface area contributed by atoms with Crippen LogP contribution in [0.1, 0.15) is 50.2 Å². The van der Waals surface area contributed by atoms with E-state index in [4.69, 9.17) is 14.7 Å². The monoisotopic (exact) mass is 786 g/mol. The van der Waals surface area contributed by atoms with E-state index in [2.05, 4.69) is 222 Å². The van der Waals surface area contributed by atoms with Crippen molar-refractivity contribution in [2.75, 3.05) is 0 Å². The lowest BCUT2D eigenvalue weighted by molar-refractivity contribution is 0.421. The predicted molar refractivity (Wildman–Crippen MR) is 252 cm³/mol. The SMILES string of the molecule is CC1(C)c2cccc(-c3cc(-c4ccccc4)cc(-c4ccccc4)c3)c2Oc2c(-c3ccc(-c4ccccc4)nc3C(C)(C)c3cccc(-c4ccccc4)n3)cccc21. The number of benzene rings is 7. The van der Waals surface area contributed by atoms with Gasteiger partial charge in [-0.05, 0) is 78.1 Å². The number of fused-ring (bicyclic) bond motifs is 2. The molecule has 7 aromatic carbocycles. The third-order valence-electron chi connectivity index (χ3n) is 12.3. The van der Waals surface area contributed by atoms with Crippen molar-refractivity contribution < 1.29 is 4.74 Å². The maximum absolute atomic E-state index is 7.40. The van der Waals surface area contributed by atoms with Crippen molar-refractivity contribution in [2.24, 2.45) is 0 Å². The lowest BCUT2D eigenvalue weighted by atomic mass is 9.73. The molecule has 9 aromatic rings. The molecule has 0 fully saturated rings. The highest BCUT2D eigenvalue weighted by molar-refractivity contribution is 5.86. The van der Waals surface area contributed by atoms with E-state index >= 15 is 0 Å². The van der Waals surface area contributed by atoms with E-state index in [0.717, 1.165) is 89.9 Å². The molecule has 0 atom stereocenters. The van der Waals surface area contributed by atoms with Crippen molar-refractivity contribution in [3.05, 3.63) is 229 Å². The van der Waals surface area contributed by atoms with Gasteiger partial charge in [-0.25, -0.2) is 0 Å². The summed E-state index contributed by atoms with van der Waals surface area (Å²) >= 11 is 0. The van der Waals surface area contributed by atoms with Gasteiger partial charge in [0.2, 0.25) is 0 Å². The molecule has 3 heterocycles. The molecule has 294 valence electrons. The van der Waals surface area contributed by atoms with Gasteiger partial charge >= 0.3 is 0 Å². The lowest BCUT2D eigenvalue weighted by Gasteiger charge is -2.37. The first kappa shape index (κ1) is 37.9. The zero-order valence-corrected chi connectivity index (χ0v) is 34.9. The third kappa shape index (κ3) is 6.92. The Morgan fingerprint density at radius 1 is 0.377 bits per heavy atom. The predicted octanol–water partition coefficient (Wildman–Crippen LogP) is 15.2. The van der Waals surface area contributed by atoms with Crippen LogP contribution in [-0.2, 0) is 10.8 Å². The van der Waals surface area contributed by atoms with Gasteiger partial charge in [0.1, 0.15) is 11.5 Å². The molecule has 0 amide bonds. The molecule has 1 aliphatic rings. The molecule has 0 saturated heterocycles. The van der Waals surface area contributed by atoms with Crippen LogP contribution < -0.4 is 4.74 Å². The first-order chi connectivity index (χ1) is 29.8. The van der Waals surface area contributed by atoms with Crippen molar-refractivity contribution in [1.29, 1.82) is 0 Å². The van der Waals surface area contributed by atoms with Gasteiger partial charge < -0.3 is 4.74 Å². The van der Waals surface area contributed by atoms with Crippen LogP contribution in [0.25, 0.3) is 67.0 Å². The fourth-order valence-corrected chi connectivity index (χ4v) is 8.94. The first-order valence-corrected chi connectivity index (χ1v) is 21.1. The lowest BCUT2D eigenvalue weighted by Crippen LogP contribution is -2.26. The summed E-state index contributed by atoms with van der Waals surface area (Å²) in [5.41, 5.74) is 16.1. The number of hydrogen-bond acceptors (Lipinski definition) is 3. The number of nitrogens with zero attached hydrogens (tertiary/aromatic N) is 2. The summed E-state index contributed by atoms with van der Waals surface area (Å²) in [6.45, 7) is 9.11. The zero-order valence-electron chi connectivity index (χ0n) is 34.9. The Hall–Kier alpha value is -7.36. The number of rotatable bonds is 8. The van der Waals surface area contributed by atoms with E-state index < -0.39 is 5.41 Å². The fraction of sp³-hybridized carbons (Fsp3) is 0.103. The van der Waals surface area contributed by atoms with Crippen LogP contribution in [0.15, 0.2) is 206 Å². The molecule has 0 bridgehead atoms. The van der Waals surface area contributed by atoms with Crippen LogP contribution in [0.3, 0.4) is 0 Å². The Bertz CT molecular complexity index is 2970. The van der Waals surface area contributed by atoms with Gasteiger partial charge in [-0.3, -0.25) is 9.97 Å². The summed E-state index contributed by atoms with van der Waals surface area (Å²) in [6.07, 6.45) is 0. The normalized spacial score (nSPS) is 12.9. The molecule has 0 saturated carbocycles. The molecular weight excluding hydrogens is 741 g/mol. The largest absolute Gasteiger partial charge is 0.455 e. The Morgan fingerprint density at radius 3 is 1.39 bits per heavy atom. The number of aromatic nitrogens is 2. The van der Waals surface area contributed by atoms with Gasteiger partial charge in [0.25, 0.3) is 0 Å². The second-order valence-corrected chi connectivity index (χ2v) is 17.0. The van der Waals surface area contributed by atoms with Crippen molar-refractivity contribution >= 4 is 0 Å². The average molecular weight is 787 g/mol. The quantitative estimate of drug-likeness (QED) is 0.154. The van der Waals surface area contributed by atoms with Crippen LogP contribution in [0, 0.1) is 0 Å². The molecule has 0 aliphatic carbocycles. The van der Waals surface area contributed by atoms with Crippen molar-refractivity contribution in [2.45, 2.75) is 38.5 Å². The maximum Gasteiger partial charge on any atom is 0.139 e. The Labute approximate surface area is 359 Å². The summed E-state index contributed by atoms with van der Waals surface area (Å²) in [4.78, 5) is 10.8. The van der Waals surface area contributed by atoms with Gasteiger partial charge in [-0.2, -0.15) is 0 Å². The highest BCUT2D eigenvalue weighted by atomic mass is 16.5. The van der Waals surface area contributed by atoms with E-state index in [1.807, 2.05) is 12.1 Å². The maximum atomic E-state index is 7.40. The second-order valence-electron chi connectivity index (χ2n) is 17.0. The highest BCUT2D eigenvalue weighted by Crippen LogP contribution is 2.55. The molecule has 3 nitrogen and oxygen atoms in total. The average Bonchev–Trinajstić information content (AvgIpc) is 3.32. The molecule has 0 radical (unpaired) electrons. The van der Waals surface area contributed by atoms with E-state index in [1.165, 1.54) is 11.1 Å². The second kappa shape index (κ2) is 15.3. The van der Waals surface area contributed by atoms with Crippen molar-refractivity contribution in [3.8, 4) is 78.5 Å². The molecule has 10 rings (SSSR count). The van der Waals surface area contributed by atoms with Crippen LogP contribution in [-0.4, -0.2) is 9.97 Å². The highest BCUT2D eigenvalue weighted by Gasteiger charge is 2.38. The molecule has 0 N–H and O–H groups in total. The molecule has 0 unspecified atom stereocenters. The molecule has 61 heavy (non-hydrogen) atoms. The Morgan fingerprint density at radius 2 is 0.836 bits per heavy atom. The molecular formula is C58H46N2O. The smallest absolute Gasteiger partial charge is 0.139 e. The summed E-state index contributed by atoms with van der Waals surface area (Å²) in [5, 5.41) is 0. The molecule has 3 heteroatoms. The third-order valence-corrected chi connectivity index (χ3v) is 12.3. The fourth-order valence-electron chi connectivity index (χ4n) is 8.94. The van der Waals surface area contributed by atoms with Crippen molar-refractivity contribution in [3.63, 3.8) is 0 Å². The minimum atomic E-state index is -0.591. The topological polar surface area (TPSA) is 35.0 Å². The van der Waals surface area contributed by atoms with Crippen LogP contribution in [0.5, 0.6) is 11.5 Å². The van der Waals surface area contributed by atoms with Gasteiger partial charge in [0.15, 0.2) is 0 Å². The Kier molecular flexibility index (Phi) is 9.53.